The summed E-state index contributed by atoms with van der Waals surface area (Å²) in [6, 6.07) is 95.9. The molecule has 8 heterocycles. The zero-order valence-electron chi connectivity index (χ0n) is 60.1. The maximum atomic E-state index is 10.0. The second-order valence-corrected chi connectivity index (χ2v) is 37.3. The highest BCUT2D eigenvalue weighted by Gasteiger charge is 2.31. The van der Waals surface area contributed by atoms with Crippen molar-refractivity contribution in [1.29, 1.82) is 5.26 Å². The molecule has 0 saturated heterocycles. The Morgan fingerprint density at radius 2 is 0.604 bits per heavy atom. The van der Waals surface area contributed by atoms with E-state index in [0.29, 0.717) is 5.56 Å². The van der Waals surface area contributed by atoms with Crippen LogP contribution in [0, 0.1) is 11.3 Å². The predicted octanol–water partition coefficient (Wildman–Crippen LogP) is 22.8. The summed E-state index contributed by atoms with van der Waals surface area (Å²) in [7, 11) is -1.63. The zero-order valence-corrected chi connectivity index (χ0v) is 61.1. The monoisotopic (exact) mass is 1380 g/mol. The van der Waals surface area contributed by atoms with Crippen LogP contribution in [0.2, 0.25) is 19.6 Å². The second-order valence-electron chi connectivity index (χ2n) is 32.2. The van der Waals surface area contributed by atoms with Crippen LogP contribution in [0.1, 0.15) is 58.2 Å². The molecular formula is C92H69N13Si. The fourth-order valence-corrected chi connectivity index (χ4v) is 18.3. The van der Waals surface area contributed by atoms with Crippen LogP contribution in [0.15, 0.2) is 255 Å². The lowest BCUT2D eigenvalue weighted by atomic mass is 9.86. The number of anilines is 6. The van der Waals surface area contributed by atoms with Crippen LogP contribution < -0.4 is 15.0 Å². The summed E-state index contributed by atoms with van der Waals surface area (Å²) >= 11 is 0. The lowest BCUT2D eigenvalue weighted by Crippen LogP contribution is -2.37. The molecule has 14 heteroatoms. The van der Waals surface area contributed by atoms with Gasteiger partial charge in [-0.1, -0.05) is 176 Å². The van der Waals surface area contributed by atoms with Crippen LogP contribution >= 0.6 is 0 Å². The molecule has 0 N–H and O–H groups in total. The average molecular weight is 1380 g/mol. The summed E-state index contributed by atoms with van der Waals surface area (Å²) in [5.74, 6) is 3.23. The van der Waals surface area contributed by atoms with E-state index in [1.165, 1.54) is 21.7 Å². The lowest BCUT2D eigenvalue weighted by Gasteiger charge is -2.28. The maximum Gasteiger partial charge on any atom is 0.223 e. The summed E-state index contributed by atoms with van der Waals surface area (Å²) < 4.78 is 13.9. The molecule has 0 fully saturated rings. The van der Waals surface area contributed by atoms with Crippen molar-refractivity contribution >= 4 is 191 Å². The summed E-state index contributed by atoms with van der Waals surface area (Å²) in [6.45, 7) is 20.8. The molecule has 106 heavy (non-hydrogen) atoms. The van der Waals surface area contributed by atoms with Crippen LogP contribution in [-0.2, 0) is 10.8 Å². The molecule has 0 aliphatic carbocycles. The number of nitriles is 1. The molecule has 0 radical (unpaired) electrons. The van der Waals surface area contributed by atoms with Crippen LogP contribution in [0.3, 0.4) is 0 Å². The smallest absolute Gasteiger partial charge is 0.223 e. The number of hydrogen-bond donors (Lipinski definition) is 0. The van der Waals surface area contributed by atoms with Crippen molar-refractivity contribution in [2.75, 3.05) is 9.80 Å². The van der Waals surface area contributed by atoms with E-state index in [1.807, 2.05) is 12.1 Å². The summed E-state index contributed by atoms with van der Waals surface area (Å²) in [4.78, 5) is 26.9. The third-order valence-electron chi connectivity index (χ3n) is 22.6. The minimum atomic E-state index is -1.63. The van der Waals surface area contributed by atoms with Gasteiger partial charge in [-0.25, -0.2) is 28.7 Å². The number of hydrogen-bond acceptors (Lipinski definition) is 7. The van der Waals surface area contributed by atoms with Gasteiger partial charge < -0.3 is 9.80 Å². The van der Waals surface area contributed by atoms with Gasteiger partial charge in [-0.15, -0.1) is 0 Å². The molecule has 22 rings (SSSR count). The number of aromatic nitrogens is 10. The minimum Gasteiger partial charge on any atom is -0.310 e. The van der Waals surface area contributed by atoms with Crippen molar-refractivity contribution in [2.45, 2.75) is 72.0 Å². The molecule has 0 amide bonds. The molecule has 0 saturated carbocycles. The van der Waals surface area contributed by atoms with Gasteiger partial charge in [0, 0.05) is 22.7 Å². The molecule has 14 aromatic carbocycles. The van der Waals surface area contributed by atoms with Gasteiger partial charge in [0.25, 0.3) is 0 Å². The fourth-order valence-electron chi connectivity index (χ4n) is 17.1. The zero-order chi connectivity index (χ0) is 71.3. The Hall–Kier alpha value is -13.1. The highest BCUT2D eigenvalue weighted by atomic mass is 28.3. The molecule has 0 spiro atoms. The van der Waals surface area contributed by atoms with Crippen LogP contribution in [0.4, 0.5) is 34.1 Å². The van der Waals surface area contributed by atoms with E-state index >= 15 is 0 Å². The predicted molar refractivity (Wildman–Crippen MR) is 441 cm³/mol. The van der Waals surface area contributed by atoms with E-state index in [0.717, 1.165) is 183 Å². The van der Waals surface area contributed by atoms with Gasteiger partial charge in [-0.05, 0) is 222 Å². The van der Waals surface area contributed by atoms with Crippen molar-refractivity contribution in [2.24, 2.45) is 0 Å². The highest BCUT2D eigenvalue weighted by Crippen LogP contribution is 2.47. The average Bonchev–Trinajstić information content (AvgIpc) is 1.52. The number of benzene rings is 14. The van der Waals surface area contributed by atoms with Crippen molar-refractivity contribution in [3.63, 3.8) is 0 Å². The van der Waals surface area contributed by atoms with Crippen molar-refractivity contribution < 1.29 is 0 Å². The molecule has 22 aromatic rings. The lowest BCUT2D eigenvalue weighted by molar-refractivity contribution is 0.590. The van der Waals surface area contributed by atoms with Crippen molar-refractivity contribution in [1.82, 2.24) is 46.3 Å². The SMILES string of the molecule is CC(C)(C)c1ccc(N(c2ccc(C(C)(C)C)cc2)c2cc3c4c(c2)n2c5cc6cc(-c7ccc8cc9nc%10n(c9cc8c7)c7cc(N(c8ccc(C#N)cc8)c8ccc([Si](C)(C)C)cc8)cc8c7n%10c7nc9cc%10ccccc%10cc9n87)ccc6cc5nc2n4c2nc4cc5ccccc5cc4n32)cc1. The molecule has 8 aromatic heterocycles. The number of imidazole rings is 8. The first-order chi connectivity index (χ1) is 51.3. The number of fused-ring (bicyclic) bond motifs is 24. The number of rotatable bonds is 8. The third kappa shape index (κ3) is 8.68. The van der Waals surface area contributed by atoms with E-state index in [4.69, 9.17) is 19.9 Å². The quantitative estimate of drug-likeness (QED) is 0.139. The Bertz CT molecular complexity index is 7510. The molecule has 0 bridgehead atoms. The molecule has 13 nitrogen and oxygen atoms in total. The Morgan fingerprint density at radius 1 is 0.302 bits per heavy atom. The molecular weight excluding hydrogens is 1320 g/mol. The fraction of sp³-hybridized carbons (Fsp3) is 0.120. The Kier molecular flexibility index (Phi) is 12.0. The van der Waals surface area contributed by atoms with E-state index in [2.05, 4.69) is 346 Å². The standard InChI is InChI=1S/C92H69N13Si/c1-91(2,3)64-24-30-67(31-25-64)99(68-32-26-65(27-33-68)92(4,5)6)71-50-82-86-84(51-71)103-80-47-63-39-59(21-23-61(63)43-76(80)97-90(103)105(86)88-95-74-41-55-15-11-13-17-57(55)45-78(74)101(82)88)58-20-22-60-42-75-79(46-62(60)38-58)102-83-49-70(98(66-28-18-53(52-93)19-29-66)69-34-36-72(37-35-69)106(7,8)9)48-81-85(83)104(89(102)96-75)87-94-73-40-54-14-10-12-16-56(54)44-77(73)100(81)87/h10-51H,1-9H3. The van der Waals surface area contributed by atoms with E-state index < -0.39 is 8.07 Å². The molecule has 0 aliphatic heterocycles. The van der Waals surface area contributed by atoms with Crippen molar-refractivity contribution in [3.8, 4) is 17.2 Å². The van der Waals surface area contributed by atoms with E-state index in [-0.39, 0.29) is 10.8 Å². The largest absolute Gasteiger partial charge is 0.310 e. The Balaban J connectivity index is 0.731. The summed E-state index contributed by atoms with van der Waals surface area (Å²) in [5, 5.41) is 20.4. The molecule has 506 valence electrons. The van der Waals surface area contributed by atoms with Gasteiger partial charge in [0.05, 0.1) is 97.3 Å². The van der Waals surface area contributed by atoms with Gasteiger partial charge in [0.2, 0.25) is 23.1 Å². The van der Waals surface area contributed by atoms with Gasteiger partial charge in [-0.2, -0.15) is 5.26 Å². The van der Waals surface area contributed by atoms with E-state index in [1.54, 1.807) is 0 Å². The number of nitrogens with zero attached hydrogens (tertiary/aromatic N) is 13. The van der Waals surface area contributed by atoms with Gasteiger partial charge >= 0.3 is 0 Å². The molecule has 0 unspecified atom stereocenters. The Morgan fingerprint density at radius 3 is 0.925 bits per heavy atom. The maximum absolute atomic E-state index is 10.0. The van der Waals surface area contributed by atoms with Gasteiger partial charge in [0.15, 0.2) is 0 Å². The second kappa shape index (κ2) is 21.1. The molecule has 0 aliphatic rings. The summed E-state index contributed by atoms with van der Waals surface area (Å²) in [6.07, 6.45) is 0. The topological polar surface area (TPSA) is 108 Å². The summed E-state index contributed by atoms with van der Waals surface area (Å²) in [5.41, 5.74) is 25.5. The van der Waals surface area contributed by atoms with Crippen LogP contribution in [0.5, 0.6) is 0 Å². The first-order valence-corrected chi connectivity index (χ1v) is 40.0. The van der Waals surface area contributed by atoms with Crippen molar-refractivity contribution in [3.05, 3.63) is 271 Å². The first-order valence-electron chi connectivity index (χ1n) is 36.5. The minimum absolute atomic E-state index is 0.0129. The third-order valence-corrected chi connectivity index (χ3v) is 24.7. The van der Waals surface area contributed by atoms with Gasteiger partial charge in [-0.3, -0.25) is 17.6 Å². The highest BCUT2D eigenvalue weighted by molar-refractivity contribution is 6.88. The van der Waals surface area contributed by atoms with Crippen LogP contribution in [-0.4, -0.2) is 54.4 Å². The van der Waals surface area contributed by atoms with E-state index in [9.17, 15) is 5.26 Å². The normalized spacial score (nSPS) is 12.9. The van der Waals surface area contributed by atoms with Gasteiger partial charge in [0.1, 0.15) is 11.0 Å². The molecule has 0 atom stereocenters. The Labute approximate surface area is 609 Å². The van der Waals surface area contributed by atoms with Crippen LogP contribution in [0.25, 0.3) is 155 Å². The first kappa shape index (κ1) is 60.5.